The largest absolute Gasteiger partial charge is 0.385 e. The van der Waals surface area contributed by atoms with Crippen LogP contribution in [-0.4, -0.2) is 26.9 Å². The third-order valence-corrected chi connectivity index (χ3v) is 4.95. The molecule has 8 nitrogen and oxygen atoms in total. The first-order valence-corrected chi connectivity index (χ1v) is 10.1. The van der Waals surface area contributed by atoms with Crippen molar-refractivity contribution >= 4 is 23.0 Å². The molecule has 0 spiro atoms. The summed E-state index contributed by atoms with van der Waals surface area (Å²) in [6, 6.07) is 21.9. The predicted octanol–water partition coefficient (Wildman–Crippen LogP) is 4.69. The first kappa shape index (κ1) is 20.8. The van der Waals surface area contributed by atoms with Crippen molar-refractivity contribution in [2.45, 2.75) is 6.42 Å². The summed E-state index contributed by atoms with van der Waals surface area (Å²) in [6.07, 6.45) is 5.52. The van der Waals surface area contributed by atoms with Crippen LogP contribution in [0.25, 0.3) is 5.69 Å². The zero-order chi connectivity index (χ0) is 22.3. The lowest BCUT2D eigenvalue weighted by atomic mass is 10.1. The number of carbonyl (C=O) groups is 1. The summed E-state index contributed by atoms with van der Waals surface area (Å²) >= 11 is 0. The number of amides is 1. The molecule has 0 aliphatic rings. The summed E-state index contributed by atoms with van der Waals surface area (Å²) in [5, 5.41) is 17.6. The number of nitro benzene ring substituents is 1. The molecule has 0 saturated heterocycles. The van der Waals surface area contributed by atoms with Crippen molar-refractivity contribution in [2.75, 3.05) is 17.2 Å². The lowest BCUT2D eigenvalue weighted by Gasteiger charge is -2.10. The van der Waals surface area contributed by atoms with Crippen LogP contribution in [0.1, 0.15) is 15.9 Å². The zero-order valence-corrected chi connectivity index (χ0v) is 17.1. The molecule has 0 fully saturated rings. The van der Waals surface area contributed by atoms with Crippen LogP contribution in [0.4, 0.5) is 17.1 Å². The van der Waals surface area contributed by atoms with Crippen LogP contribution in [0.5, 0.6) is 0 Å². The van der Waals surface area contributed by atoms with E-state index in [4.69, 9.17) is 0 Å². The van der Waals surface area contributed by atoms with E-state index >= 15 is 0 Å². The Morgan fingerprint density at radius 1 is 1.00 bits per heavy atom. The highest BCUT2D eigenvalue weighted by molar-refractivity contribution is 6.05. The Bertz CT molecular complexity index is 1210. The molecule has 2 N–H and O–H groups in total. The monoisotopic (exact) mass is 427 g/mol. The van der Waals surface area contributed by atoms with E-state index in [9.17, 15) is 14.9 Å². The normalized spacial score (nSPS) is 10.5. The lowest BCUT2D eigenvalue weighted by Crippen LogP contribution is -2.13. The molecule has 1 aromatic heterocycles. The number of nitrogens with zero attached hydrogens (tertiary/aromatic N) is 3. The molecule has 1 amide bonds. The Morgan fingerprint density at radius 2 is 1.75 bits per heavy atom. The number of anilines is 2. The van der Waals surface area contributed by atoms with Crippen LogP contribution in [0, 0.1) is 10.1 Å². The first-order valence-electron chi connectivity index (χ1n) is 10.1. The molecule has 0 radical (unpaired) electrons. The Kier molecular flexibility index (Phi) is 6.22. The van der Waals surface area contributed by atoms with Crippen molar-refractivity contribution in [3.63, 3.8) is 0 Å². The molecule has 0 aliphatic heterocycles. The van der Waals surface area contributed by atoms with E-state index in [-0.39, 0.29) is 11.3 Å². The minimum atomic E-state index is -0.512. The fraction of sp³-hybridized carbons (Fsp3) is 0.0833. The predicted molar refractivity (Wildman–Crippen MR) is 123 cm³/mol. The van der Waals surface area contributed by atoms with Gasteiger partial charge in [0.25, 0.3) is 11.6 Å². The van der Waals surface area contributed by atoms with Crippen LogP contribution < -0.4 is 10.6 Å². The average molecular weight is 427 g/mol. The van der Waals surface area contributed by atoms with E-state index in [2.05, 4.69) is 27.8 Å². The van der Waals surface area contributed by atoms with E-state index in [0.717, 1.165) is 18.7 Å². The molecule has 0 atom stereocenters. The molecule has 0 bridgehead atoms. The molecule has 1 heterocycles. The fourth-order valence-corrected chi connectivity index (χ4v) is 3.30. The van der Waals surface area contributed by atoms with E-state index in [1.165, 1.54) is 34.8 Å². The highest BCUT2D eigenvalue weighted by Gasteiger charge is 2.19. The second kappa shape index (κ2) is 9.57. The van der Waals surface area contributed by atoms with Gasteiger partial charge in [-0.15, -0.1) is 0 Å². The highest BCUT2D eigenvalue weighted by atomic mass is 16.6. The number of aromatic nitrogens is 2. The Labute approximate surface area is 184 Å². The van der Waals surface area contributed by atoms with Gasteiger partial charge in [0.2, 0.25) is 0 Å². The van der Waals surface area contributed by atoms with Gasteiger partial charge in [0.1, 0.15) is 5.69 Å². The van der Waals surface area contributed by atoms with Crippen molar-refractivity contribution in [3.05, 3.63) is 113 Å². The lowest BCUT2D eigenvalue weighted by molar-refractivity contribution is -0.384. The zero-order valence-electron chi connectivity index (χ0n) is 17.1. The van der Waals surface area contributed by atoms with Crippen molar-refractivity contribution in [1.29, 1.82) is 0 Å². The number of benzene rings is 3. The fourth-order valence-electron chi connectivity index (χ4n) is 3.30. The van der Waals surface area contributed by atoms with Crippen LogP contribution in [-0.2, 0) is 6.42 Å². The summed E-state index contributed by atoms with van der Waals surface area (Å²) in [5.41, 5.74) is 3.18. The summed E-state index contributed by atoms with van der Waals surface area (Å²) in [7, 11) is 0. The molecule has 0 aliphatic carbocycles. The topological polar surface area (TPSA) is 102 Å². The van der Waals surface area contributed by atoms with Gasteiger partial charge >= 0.3 is 0 Å². The van der Waals surface area contributed by atoms with Crippen LogP contribution >= 0.6 is 0 Å². The summed E-state index contributed by atoms with van der Waals surface area (Å²) in [5.74, 6) is -0.421. The standard InChI is InChI=1S/C24H21N5O3/c30-24(19-6-11-22(23(16-19)29(31)32)28-15-14-25-17-28)27-21-9-7-20(8-10-21)26-13-12-18-4-2-1-3-5-18/h1-11,14-17,26H,12-13H2,(H,27,30). The van der Waals surface area contributed by atoms with Gasteiger partial charge in [-0.3, -0.25) is 14.9 Å². The van der Waals surface area contributed by atoms with Gasteiger partial charge in [0.05, 0.1) is 11.3 Å². The third-order valence-electron chi connectivity index (χ3n) is 4.95. The number of hydrogen-bond acceptors (Lipinski definition) is 5. The Balaban J connectivity index is 1.39. The summed E-state index contributed by atoms with van der Waals surface area (Å²) in [6.45, 7) is 0.794. The molecular weight excluding hydrogens is 406 g/mol. The third kappa shape index (κ3) is 4.99. The molecule has 32 heavy (non-hydrogen) atoms. The molecule has 0 unspecified atom stereocenters. The molecule has 4 aromatic rings. The van der Waals surface area contributed by atoms with Gasteiger partial charge in [-0.25, -0.2) is 4.98 Å². The Hall–Kier alpha value is -4.46. The van der Waals surface area contributed by atoms with E-state index in [0.29, 0.717) is 11.4 Å². The molecular formula is C24H21N5O3. The van der Waals surface area contributed by atoms with E-state index in [1.54, 1.807) is 24.4 Å². The minimum absolute atomic E-state index is 0.173. The van der Waals surface area contributed by atoms with Crippen molar-refractivity contribution in [3.8, 4) is 5.69 Å². The Morgan fingerprint density at radius 3 is 2.44 bits per heavy atom. The quantitative estimate of drug-likeness (QED) is 0.314. The second-order valence-electron chi connectivity index (χ2n) is 7.12. The number of nitrogens with one attached hydrogen (secondary N) is 2. The number of carbonyl (C=O) groups excluding carboxylic acids is 1. The molecule has 8 heteroatoms. The second-order valence-corrected chi connectivity index (χ2v) is 7.12. The maximum absolute atomic E-state index is 12.6. The molecule has 0 saturated carbocycles. The van der Waals surface area contributed by atoms with Gasteiger partial charge in [-0.05, 0) is 48.4 Å². The van der Waals surface area contributed by atoms with Crippen molar-refractivity contribution in [2.24, 2.45) is 0 Å². The van der Waals surface area contributed by atoms with Gasteiger partial charge in [-0.2, -0.15) is 0 Å². The number of rotatable bonds is 8. The number of hydrogen-bond donors (Lipinski definition) is 2. The van der Waals surface area contributed by atoms with Crippen molar-refractivity contribution < 1.29 is 9.72 Å². The first-order chi connectivity index (χ1) is 15.6. The number of nitro groups is 1. The summed E-state index contributed by atoms with van der Waals surface area (Å²) in [4.78, 5) is 27.5. The van der Waals surface area contributed by atoms with Crippen LogP contribution in [0.15, 0.2) is 91.5 Å². The van der Waals surface area contributed by atoms with Crippen LogP contribution in [0.3, 0.4) is 0 Å². The summed E-state index contributed by atoms with van der Waals surface area (Å²) < 4.78 is 1.53. The minimum Gasteiger partial charge on any atom is -0.385 e. The van der Waals surface area contributed by atoms with Gasteiger partial charge in [0, 0.05) is 41.9 Å². The van der Waals surface area contributed by atoms with Crippen LogP contribution in [0.2, 0.25) is 0 Å². The average Bonchev–Trinajstić information content (AvgIpc) is 3.35. The maximum Gasteiger partial charge on any atom is 0.294 e. The molecule has 3 aromatic carbocycles. The molecule has 160 valence electrons. The van der Waals surface area contributed by atoms with Gasteiger partial charge in [-0.1, -0.05) is 30.3 Å². The highest BCUT2D eigenvalue weighted by Crippen LogP contribution is 2.25. The van der Waals surface area contributed by atoms with Crippen molar-refractivity contribution in [1.82, 2.24) is 9.55 Å². The van der Waals surface area contributed by atoms with E-state index in [1.807, 2.05) is 30.3 Å². The smallest absolute Gasteiger partial charge is 0.294 e. The van der Waals surface area contributed by atoms with E-state index < -0.39 is 10.8 Å². The number of imidazole rings is 1. The van der Waals surface area contributed by atoms with Gasteiger partial charge in [0.15, 0.2) is 0 Å². The SMILES string of the molecule is O=C(Nc1ccc(NCCc2ccccc2)cc1)c1ccc(-n2ccnc2)c([N+](=O)[O-])c1. The van der Waals surface area contributed by atoms with Gasteiger partial charge < -0.3 is 15.2 Å². The molecule has 4 rings (SSSR count). The maximum atomic E-state index is 12.6.